The predicted octanol–water partition coefficient (Wildman–Crippen LogP) is 2.44. The van der Waals surface area contributed by atoms with E-state index in [-0.39, 0.29) is 0 Å². The van der Waals surface area contributed by atoms with Crippen LogP contribution in [0.5, 0.6) is 5.75 Å². The van der Waals surface area contributed by atoms with E-state index in [1.807, 2.05) is 12.1 Å². The molecule has 0 aliphatic heterocycles. The molecule has 1 aromatic heterocycles. The maximum absolute atomic E-state index is 9.40. The van der Waals surface area contributed by atoms with Crippen molar-refractivity contribution in [2.24, 2.45) is 0 Å². The van der Waals surface area contributed by atoms with Gasteiger partial charge in [-0.05, 0) is 24.1 Å². The fraction of sp³-hybridized carbons (Fsp3) is 0.200. The Kier molecular flexibility index (Phi) is 1.54. The summed E-state index contributed by atoms with van der Waals surface area (Å²) in [6.07, 6.45) is 2.62. The second-order valence-corrected chi connectivity index (χ2v) is 2.91. The highest BCUT2D eigenvalue weighted by atomic mass is 16.3. The molecule has 0 saturated carbocycles. The molecular formula is C10H11NO. The summed E-state index contributed by atoms with van der Waals surface area (Å²) in [6, 6.07) is 6.08. The lowest BCUT2D eigenvalue weighted by Gasteiger charge is -1.95. The second kappa shape index (κ2) is 2.55. The van der Waals surface area contributed by atoms with Crippen molar-refractivity contribution in [3.8, 4) is 5.75 Å². The van der Waals surface area contributed by atoms with E-state index in [1.54, 1.807) is 6.20 Å². The number of aromatic hydroxyl groups is 1. The summed E-state index contributed by atoms with van der Waals surface area (Å²) in [5, 5.41) is 10.3. The Morgan fingerprint density at radius 3 is 3.00 bits per heavy atom. The minimum absolute atomic E-state index is 0.334. The molecule has 1 heterocycles. The third kappa shape index (κ3) is 0.961. The molecule has 0 radical (unpaired) electrons. The summed E-state index contributed by atoms with van der Waals surface area (Å²) in [6.45, 7) is 2.10. The van der Waals surface area contributed by atoms with Crippen LogP contribution in [-0.4, -0.2) is 10.1 Å². The van der Waals surface area contributed by atoms with E-state index in [4.69, 9.17) is 0 Å². The molecule has 62 valence electrons. The molecule has 0 fully saturated rings. The summed E-state index contributed by atoms with van der Waals surface area (Å²) >= 11 is 0. The molecule has 2 aromatic rings. The summed E-state index contributed by atoms with van der Waals surface area (Å²) < 4.78 is 0. The van der Waals surface area contributed by atoms with Crippen molar-refractivity contribution in [3.63, 3.8) is 0 Å². The second-order valence-electron chi connectivity index (χ2n) is 2.91. The highest BCUT2D eigenvalue weighted by molar-refractivity contribution is 5.86. The first kappa shape index (κ1) is 7.22. The number of fused-ring (bicyclic) bond motifs is 1. The lowest BCUT2D eigenvalue weighted by molar-refractivity contribution is 0.481. The van der Waals surface area contributed by atoms with Gasteiger partial charge in [0.05, 0.1) is 0 Å². The number of aryl methyl sites for hydroxylation is 1. The number of hydrogen-bond acceptors (Lipinski definition) is 1. The molecule has 1 aromatic carbocycles. The van der Waals surface area contributed by atoms with Gasteiger partial charge in [0.2, 0.25) is 0 Å². The van der Waals surface area contributed by atoms with E-state index < -0.39 is 0 Å². The molecule has 0 spiro atoms. The van der Waals surface area contributed by atoms with E-state index >= 15 is 0 Å². The van der Waals surface area contributed by atoms with Gasteiger partial charge in [0.1, 0.15) is 5.75 Å². The van der Waals surface area contributed by atoms with Crippen LogP contribution in [0.3, 0.4) is 0 Å². The highest BCUT2D eigenvalue weighted by Gasteiger charge is 2.01. The monoisotopic (exact) mass is 161 g/mol. The minimum Gasteiger partial charge on any atom is -0.506 e. The number of benzene rings is 1. The van der Waals surface area contributed by atoms with Crippen LogP contribution in [0, 0.1) is 0 Å². The molecule has 0 amide bonds. The van der Waals surface area contributed by atoms with Gasteiger partial charge < -0.3 is 10.1 Å². The average Bonchev–Trinajstić information content (AvgIpc) is 2.47. The van der Waals surface area contributed by atoms with Gasteiger partial charge in [0.15, 0.2) is 0 Å². The van der Waals surface area contributed by atoms with E-state index in [0.717, 1.165) is 17.3 Å². The summed E-state index contributed by atoms with van der Waals surface area (Å²) in [4.78, 5) is 2.99. The predicted molar refractivity (Wildman–Crippen MR) is 49.3 cm³/mol. The molecule has 0 atom stereocenters. The maximum atomic E-state index is 9.40. The first-order valence-electron chi connectivity index (χ1n) is 4.10. The third-order valence-corrected chi connectivity index (χ3v) is 2.13. The van der Waals surface area contributed by atoms with Crippen LogP contribution >= 0.6 is 0 Å². The lowest BCUT2D eigenvalue weighted by Crippen LogP contribution is -1.77. The Bertz CT molecular complexity index is 403. The van der Waals surface area contributed by atoms with E-state index in [2.05, 4.69) is 18.0 Å². The quantitative estimate of drug-likeness (QED) is 0.662. The summed E-state index contributed by atoms with van der Waals surface area (Å²) in [5.74, 6) is 0.334. The zero-order valence-electron chi connectivity index (χ0n) is 6.96. The van der Waals surface area contributed by atoms with Gasteiger partial charge in [-0.15, -0.1) is 0 Å². The fourth-order valence-corrected chi connectivity index (χ4v) is 1.37. The number of hydrogen-bond donors (Lipinski definition) is 2. The Morgan fingerprint density at radius 2 is 2.25 bits per heavy atom. The molecule has 0 bridgehead atoms. The van der Waals surface area contributed by atoms with Crippen molar-refractivity contribution in [2.75, 3.05) is 0 Å². The van der Waals surface area contributed by atoms with Crippen molar-refractivity contribution in [2.45, 2.75) is 13.3 Å². The van der Waals surface area contributed by atoms with Crippen molar-refractivity contribution < 1.29 is 5.11 Å². The van der Waals surface area contributed by atoms with Crippen LogP contribution in [0.25, 0.3) is 10.9 Å². The third-order valence-electron chi connectivity index (χ3n) is 2.13. The fourth-order valence-electron chi connectivity index (χ4n) is 1.37. The van der Waals surface area contributed by atoms with Crippen LogP contribution in [-0.2, 0) is 6.42 Å². The molecule has 2 heteroatoms. The smallest absolute Gasteiger partial charge is 0.140 e. The SMILES string of the molecule is CCc1ccc2[nH]cc(O)c2c1. The molecular weight excluding hydrogens is 150 g/mol. The number of aromatic amines is 1. The van der Waals surface area contributed by atoms with Crippen LogP contribution in [0.15, 0.2) is 24.4 Å². The number of H-pyrrole nitrogens is 1. The molecule has 0 saturated heterocycles. The van der Waals surface area contributed by atoms with Gasteiger partial charge in [-0.25, -0.2) is 0 Å². The van der Waals surface area contributed by atoms with E-state index in [1.165, 1.54) is 5.56 Å². The van der Waals surface area contributed by atoms with E-state index in [9.17, 15) is 5.11 Å². The van der Waals surface area contributed by atoms with Crippen molar-refractivity contribution in [1.82, 2.24) is 4.98 Å². The zero-order chi connectivity index (χ0) is 8.55. The van der Waals surface area contributed by atoms with Gasteiger partial charge in [0.25, 0.3) is 0 Å². The number of nitrogens with one attached hydrogen (secondary N) is 1. The van der Waals surface area contributed by atoms with Crippen LogP contribution in [0.4, 0.5) is 0 Å². The summed E-state index contributed by atoms with van der Waals surface area (Å²) in [7, 11) is 0. The van der Waals surface area contributed by atoms with Gasteiger partial charge in [0, 0.05) is 17.1 Å². The first-order valence-corrected chi connectivity index (χ1v) is 4.10. The molecule has 2 nitrogen and oxygen atoms in total. The molecule has 0 aliphatic carbocycles. The summed E-state index contributed by atoms with van der Waals surface area (Å²) in [5.41, 5.74) is 2.24. The normalized spacial score (nSPS) is 10.8. The van der Waals surface area contributed by atoms with Crippen LogP contribution in [0.1, 0.15) is 12.5 Å². The van der Waals surface area contributed by atoms with Crippen molar-refractivity contribution >= 4 is 10.9 Å². The number of rotatable bonds is 1. The lowest BCUT2D eigenvalue weighted by atomic mass is 10.1. The topological polar surface area (TPSA) is 36.0 Å². The Labute approximate surface area is 70.8 Å². The Hall–Kier alpha value is -1.44. The Morgan fingerprint density at radius 1 is 1.42 bits per heavy atom. The van der Waals surface area contributed by atoms with Crippen LogP contribution in [0.2, 0.25) is 0 Å². The minimum atomic E-state index is 0.334. The molecule has 12 heavy (non-hydrogen) atoms. The Balaban J connectivity index is 2.71. The molecule has 0 aliphatic rings. The van der Waals surface area contributed by atoms with Gasteiger partial charge in [-0.2, -0.15) is 0 Å². The molecule has 2 rings (SSSR count). The van der Waals surface area contributed by atoms with Crippen molar-refractivity contribution in [3.05, 3.63) is 30.0 Å². The average molecular weight is 161 g/mol. The van der Waals surface area contributed by atoms with Gasteiger partial charge in [-0.3, -0.25) is 0 Å². The van der Waals surface area contributed by atoms with E-state index in [0.29, 0.717) is 5.75 Å². The largest absolute Gasteiger partial charge is 0.506 e. The zero-order valence-corrected chi connectivity index (χ0v) is 6.96. The van der Waals surface area contributed by atoms with Gasteiger partial charge >= 0.3 is 0 Å². The standard InChI is InChI=1S/C10H11NO/c1-2-7-3-4-9-8(5-7)10(12)6-11-9/h3-6,11-12H,2H2,1H3. The number of aromatic nitrogens is 1. The van der Waals surface area contributed by atoms with Crippen LogP contribution < -0.4 is 0 Å². The van der Waals surface area contributed by atoms with Gasteiger partial charge in [-0.1, -0.05) is 13.0 Å². The molecule has 2 N–H and O–H groups in total. The first-order chi connectivity index (χ1) is 5.81. The maximum Gasteiger partial charge on any atom is 0.140 e. The highest BCUT2D eigenvalue weighted by Crippen LogP contribution is 2.24. The molecule has 0 unspecified atom stereocenters. The van der Waals surface area contributed by atoms with Crippen molar-refractivity contribution in [1.29, 1.82) is 0 Å².